The summed E-state index contributed by atoms with van der Waals surface area (Å²) < 4.78 is 0. The van der Waals surface area contributed by atoms with Crippen LogP contribution >= 0.6 is 0 Å². The summed E-state index contributed by atoms with van der Waals surface area (Å²) in [5.41, 5.74) is 3.08. The molecule has 1 aliphatic carbocycles. The summed E-state index contributed by atoms with van der Waals surface area (Å²) in [6.07, 6.45) is 6.66. The van der Waals surface area contributed by atoms with Crippen LogP contribution in [-0.4, -0.2) is 29.4 Å². The first-order valence-corrected chi connectivity index (χ1v) is 6.39. The largest absolute Gasteiger partial charge is 0.341 e. The van der Waals surface area contributed by atoms with Gasteiger partial charge in [-0.1, -0.05) is 12.8 Å². The minimum Gasteiger partial charge on any atom is -0.341 e. The zero-order valence-corrected chi connectivity index (χ0v) is 10.7. The Labute approximate surface area is 107 Å². The quantitative estimate of drug-likeness (QED) is 0.627. The SMILES string of the molecule is CN(CC1CCCC1)C(=O)c1ccnc(NN)c1. The second kappa shape index (κ2) is 5.82. The molecule has 0 atom stereocenters. The molecule has 0 aromatic carbocycles. The summed E-state index contributed by atoms with van der Waals surface area (Å²) >= 11 is 0. The molecule has 3 N–H and O–H groups in total. The molecule has 5 heteroatoms. The maximum Gasteiger partial charge on any atom is 0.253 e. The van der Waals surface area contributed by atoms with E-state index in [4.69, 9.17) is 5.84 Å². The number of aromatic nitrogens is 1. The number of pyridine rings is 1. The average Bonchev–Trinajstić information content (AvgIpc) is 2.90. The topological polar surface area (TPSA) is 71.2 Å². The van der Waals surface area contributed by atoms with Crippen LogP contribution in [0.3, 0.4) is 0 Å². The number of nitrogens with one attached hydrogen (secondary N) is 1. The van der Waals surface area contributed by atoms with Gasteiger partial charge in [-0.15, -0.1) is 0 Å². The van der Waals surface area contributed by atoms with E-state index in [9.17, 15) is 4.79 Å². The van der Waals surface area contributed by atoms with E-state index in [2.05, 4.69) is 10.4 Å². The van der Waals surface area contributed by atoms with Crippen LogP contribution in [-0.2, 0) is 0 Å². The minimum atomic E-state index is 0.0285. The summed E-state index contributed by atoms with van der Waals surface area (Å²) in [6.45, 7) is 0.840. The van der Waals surface area contributed by atoms with E-state index in [1.165, 1.54) is 25.7 Å². The molecule has 98 valence electrons. The second-order valence-electron chi connectivity index (χ2n) is 4.91. The lowest BCUT2D eigenvalue weighted by Gasteiger charge is -2.21. The fourth-order valence-corrected chi connectivity index (χ4v) is 2.53. The van der Waals surface area contributed by atoms with E-state index >= 15 is 0 Å². The maximum atomic E-state index is 12.2. The average molecular weight is 248 g/mol. The van der Waals surface area contributed by atoms with Crippen molar-refractivity contribution in [2.75, 3.05) is 19.0 Å². The molecule has 5 nitrogen and oxygen atoms in total. The summed E-state index contributed by atoms with van der Waals surface area (Å²) in [6, 6.07) is 3.39. The smallest absolute Gasteiger partial charge is 0.253 e. The summed E-state index contributed by atoms with van der Waals surface area (Å²) in [5, 5.41) is 0. The fourth-order valence-electron chi connectivity index (χ4n) is 2.53. The molecule has 2 rings (SSSR count). The van der Waals surface area contributed by atoms with Crippen molar-refractivity contribution in [3.63, 3.8) is 0 Å². The lowest BCUT2D eigenvalue weighted by molar-refractivity contribution is 0.0773. The van der Waals surface area contributed by atoms with Crippen molar-refractivity contribution in [3.05, 3.63) is 23.9 Å². The van der Waals surface area contributed by atoms with Gasteiger partial charge < -0.3 is 10.3 Å². The highest BCUT2D eigenvalue weighted by molar-refractivity contribution is 5.94. The minimum absolute atomic E-state index is 0.0285. The molecule has 0 radical (unpaired) electrons. The lowest BCUT2D eigenvalue weighted by Crippen LogP contribution is -2.31. The van der Waals surface area contributed by atoms with Crippen molar-refractivity contribution < 1.29 is 4.79 Å². The Balaban J connectivity index is 2.00. The third-order valence-corrected chi connectivity index (χ3v) is 3.51. The van der Waals surface area contributed by atoms with E-state index in [1.54, 1.807) is 23.2 Å². The third kappa shape index (κ3) is 2.98. The number of rotatable bonds is 4. The van der Waals surface area contributed by atoms with Crippen LogP contribution in [0.4, 0.5) is 5.82 Å². The molecular formula is C13H20N4O. The highest BCUT2D eigenvalue weighted by Crippen LogP contribution is 2.25. The van der Waals surface area contributed by atoms with Crippen LogP contribution in [0.5, 0.6) is 0 Å². The van der Waals surface area contributed by atoms with Crippen molar-refractivity contribution >= 4 is 11.7 Å². The van der Waals surface area contributed by atoms with Crippen LogP contribution in [0.1, 0.15) is 36.0 Å². The standard InChI is InChI=1S/C13H20N4O/c1-17(9-10-4-2-3-5-10)13(18)11-6-7-15-12(8-11)16-14/h6-8,10H,2-5,9,14H2,1H3,(H,15,16). The molecule has 1 aliphatic rings. The maximum absolute atomic E-state index is 12.2. The predicted octanol–water partition coefficient (Wildman–Crippen LogP) is 1.63. The van der Waals surface area contributed by atoms with E-state index in [0.29, 0.717) is 17.3 Å². The highest BCUT2D eigenvalue weighted by atomic mass is 16.2. The van der Waals surface area contributed by atoms with Crippen LogP contribution in [0, 0.1) is 5.92 Å². The zero-order chi connectivity index (χ0) is 13.0. The first kappa shape index (κ1) is 12.8. The number of hydrazine groups is 1. The Morgan fingerprint density at radius 3 is 2.94 bits per heavy atom. The van der Waals surface area contributed by atoms with Crippen LogP contribution in [0.25, 0.3) is 0 Å². The second-order valence-corrected chi connectivity index (χ2v) is 4.91. The molecule has 1 fully saturated rings. The molecule has 1 amide bonds. The van der Waals surface area contributed by atoms with Gasteiger partial charge >= 0.3 is 0 Å². The first-order valence-electron chi connectivity index (χ1n) is 6.39. The Morgan fingerprint density at radius 1 is 1.56 bits per heavy atom. The Kier molecular flexibility index (Phi) is 4.15. The van der Waals surface area contributed by atoms with Crippen molar-refractivity contribution in [2.24, 2.45) is 11.8 Å². The Morgan fingerprint density at radius 2 is 2.28 bits per heavy atom. The number of nitrogens with zero attached hydrogens (tertiary/aromatic N) is 2. The molecule has 0 spiro atoms. The molecule has 0 saturated heterocycles. The summed E-state index contributed by atoms with van der Waals surface area (Å²) in [5.74, 6) is 6.49. The summed E-state index contributed by atoms with van der Waals surface area (Å²) in [4.78, 5) is 18.0. The van der Waals surface area contributed by atoms with Gasteiger partial charge in [0.05, 0.1) is 0 Å². The fraction of sp³-hybridized carbons (Fsp3) is 0.538. The molecule has 1 heterocycles. The first-order chi connectivity index (χ1) is 8.70. The Hall–Kier alpha value is -1.62. The molecule has 1 saturated carbocycles. The number of nitrogens with two attached hydrogens (primary N) is 1. The molecule has 0 aliphatic heterocycles. The number of nitrogen functional groups attached to an aromatic ring is 1. The Bertz CT molecular complexity index is 415. The monoisotopic (exact) mass is 248 g/mol. The van der Waals surface area contributed by atoms with Gasteiger partial charge in [-0.05, 0) is 30.9 Å². The number of hydrogen-bond acceptors (Lipinski definition) is 4. The van der Waals surface area contributed by atoms with Crippen LogP contribution in [0.2, 0.25) is 0 Å². The lowest BCUT2D eigenvalue weighted by atomic mass is 10.1. The molecule has 18 heavy (non-hydrogen) atoms. The molecular weight excluding hydrogens is 228 g/mol. The van der Waals surface area contributed by atoms with Gasteiger partial charge in [0, 0.05) is 25.4 Å². The van der Waals surface area contributed by atoms with Crippen molar-refractivity contribution in [3.8, 4) is 0 Å². The number of amides is 1. The number of carbonyl (C=O) groups is 1. The normalized spacial score (nSPS) is 15.7. The van der Waals surface area contributed by atoms with Gasteiger partial charge in [-0.25, -0.2) is 10.8 Å². The zero-order valence-electron chi connectivity index (χ0n) is 10.7. The van der Waals surface area contributed by atoms with Gasteiger partial charge in [-0.3, -0.25) is 4.79 Å². The van der Waals surface area contributed by atoms with Crippen LogP contribution in [0.15, 0.2) is 18.3 Å². The molecule has 1 aromatic heterocycles. The van der Waals surface area contributed by atoms with Crippen molar-refractivity contribution in [1.82, 2.24) is 9.88 Å². The predicted molar refractivity (Wildman–Crippen MR) is 71.0 cm³/mol. The number of carbonyl (C=O) groups excluding carboxylic acids is 1. The van der Waals surface area contributed by atoms with E-state index < -0.39 is 0 Å². The highest BCUT2D eigenvalue weighted by Gasteiger charge is 2.20. The van der Waals surface area contributed by atoms with Crippen molar-refractivity contribution in [2.45, 2.75) is 25.7 Å². The van der Waals surface area contributed by atoms with Crippen LogP contribution < -0.4 is 11.3 Å². The number of anilines is 1. The third-order valence-electron chi connectivity index (χ3n) is 3.51. The van der Waals surface area contributed by atoms with E-state index in [0.717, 1.165) is 6.54 Å². The molecule has 1 aromatic rings. The van der Waals surface area contributed by atoms with Gasteiger partial charge in [0.2, 0.25) is 0 Å². The summed E-state index contributed by atoms with van der Waals surface area (Å²) in [7, 11) is 1.86. The van der Waals surface area contributed by atoms with Gasteiger partial charge in [0.1, 0.15) is 5.82 Å². The number of hydrogen-bond donors (Lipinski definition) is 2. The van der Waals surface area contributed by atoms with E-state index in [1.807, 2.05) is 7.05 Å². The molecule has 0 bridgehead atoms. The van der Waals surface area contributed by atoms with E-state index in [-0.39, 0.29) is 5.91 Å². The van der Waals surface area contributed by atoms with Gasteiger partial charge in [0.25, 0.3) is 5.91 Å². The van der Waals surface area contributed by atoms with Crippen molar-refractivity contribution in [1.29, 1.82) is 0 Å². The molecule has 0 unspecified atom stereocenters. The van der Waals surface area contributed by atoms with Gasteiger partial charge in [0.15, 0.2) is 0 Å². The van der Waals surface area contributed by atoms with Gasteiger partial charge in [-0.2, -0.15) is 0 Å².